The minimum atomic E-state index is -0.493. The van der Waals surface area contributed by atoms with Gasteiger partial charge in [0.25, 0.3) is 0 Å². The van der Waals surface area contributed by atoms with Crippen molar-refractivity contribution in [2.45, 2.75) is 25.2 Å². The van der Waals surface area contributed by atoms with Gasteiger partial charge >= 0.3 is 5.97 Å². The molecule has 1 aliphatic heterocycles. The lowest BCUT2D eigenvalue weighted by Crippen LogP contribution is -2.32. The maximum atomic E-state index is 11.8. The van der Waals surface area contributed by atoms with E-state index in [1.807, 2.05) is 24.3 Å². The number of carbonyl (C=O) groups excluding carboxylic acids is 2. The number of halogens is 1. The van der Waals surface area contributed by atoms with Gasteiger partial charge in [-0.1, -0.05) is 28.1 Å². The standard InChI is InChI=1S/C14H16BrNO3/c1-2-19-13(18)8-14(7-12(17)16-9-14)10-4-3-5-11(15)6-10/h3-6H,2,7-9H2,1H3,(H,16,17). The van der Waals surface area contributed by atoms with Crippen molar-refractivity contribution in [1.82, 2.24) is 5.32 Å². The van der Waals surface area contributed by atoms with E-state index >= 15 is 0 Å². The quantitative estimate of drug-likeness (QED) is 0.863. The SMILES string of the molecule is CCOC(=O)CC1(c2cccc(Br)c2)CNC(=O)C1. The highest BCUT2D eigenvalue weighted by Crippen LogP contribution is 2.36. The zero-order valence-electron chi connectivity index (χ0n) is 10.7. The number of carbonyl (C=O) groups is 2. The van der Waals surface area contributed by atoms with Crippen molar-refractivity contribution in [3.05, 3.63) is 34.3 Å². The van der Waals surface area contributed by atoms with E-state index in [1.165, 1.54) is 0 Å². The zero-order valence-corrected chi connectivity index (χ0v) is 12.3. The first-order valence-electron chi connectivity index (χ1n) is 6.24. The van der Waals surface area contributed by atoms with Crippen molar-refractivity contribution in [3.63, 3.8) is 0 Å². The van der Waals surface area contributed by atoms with Crippen LogP contribution in [0.1, 0.15) is 25.3 Å². The van der Waals surface area contributed by atoms with E-state index in [1.54, 1.807) is 6.92 Å². The number of nitrogens with one attached hydrogen (secondary N) is 1. The van der Waals surface area contributed by atoms with Gasteiger partial charge in [0.15, 0.2) is 0 Å². The highest BCUT2D eigenvalue weighted by Gasteiger charge is 2.42. The second-order valence-electron chi connectivity index (χ2n) is 4.73. The zero-order chi connectivity index (χ0) is 13.9. The molecule has 5 heteroatoms. The predicted octanol–water partition coefficient (Wildman–Crippen LogP) is 2.16. The Bertz CT molecular complexity index is 503. The molecule has 1 atom stereocenters. The Kier molecular flexibility index (Phi) is 4.24. The second-order valence-corrected chi connectivity index (χ2v) is 5.64. The molecule has 1 heterocycles. The third kappa shape index (κ3) is 3.15. The lowest BCUT2D eigenvalue weighted by atomic mass is 9.77. The van der Waals surface area contributed by atoms with Crippen LogP contribution in [0.5, 0.6) is 0 Å². The Morgan fingerprint density at radius 3 is 2.89 bits per heavy atom. The van der Waals surface area contributed by atoms with Crippen LogP contribution < -0.4 is 5.32 Å². The van der Waals surface area contributed by atoms with Crippen LogP contribution in [0.15, 0.2) is 28.7 Å². The fourth-order valence-electron chi connectivity index (χ4n) is 2.44. The largest absolute Gasteiger partial charge is 0.466 e. The lowest BCUT2D eigenvalue weighted by molar-refractivity contribution is -0.144. The minimum absolute atomic E-state index is 0.0238. The molecule has 102 valence electrons. The topological polar surface area (TPSA) is 55.4 Å². The molecule has 1 aromatic carbocycles. The van der Waals surface area contributed by atoms with Crippen LogP contribution in [-0.4, -0.2) is 25.0 Å². The summed E-state index contributed by atoms with van der Waals surface area (Å²) >= 11 is 3.42. The highest BCUT2D eigenvalue weighted by atomic mass is 79.9. The van der Waals surface area contributed by atoms with Crippen molar-refractivity contribution < 1.29 is 14.3 Å². The minimum Gasteiger partial charge on any atom is -0.466 e. The van der Waals surface area contributed by atoms with Gasteiger partial charge in [0.05, 0.1) is 13.0 Å². The summed E-state index contributed by atoms with van der Waals surface area (Å²) < 4.78 is 5.96. The molecule has 1 unspecified atom stereocenters. The molecule has 0 bridgehead atoms. The maximum Gasteiger partial charge on any atom is 0.306 e. The molecule has 0 spiro atoms. The van der Waals surface area contributed by atoms with Crippen LogP contribution in [0, 0.1) is 0 Å². The first-order chi connectivity index (χ1) is 9.05. The van der Waals surface area contributed by atoms with Crippen molar-refractivity contribution in [1.29, 1.82) is 0 Å². The van der Waals surface area contributed by atoms with Gasteiger partial charge in [-0.25, -0.2) is 0 Å². The van der Waals surface area contributed by atoms with Gasteiger partial charge in [-0.3, -0.25) is 9.59 Å². The number of hydrogen-bond donors (Lipinski definition) is 1. The predicted molar refractivity (Wildman–Crippen MR) is 74.7 cm³/mol. The monoisotopic (exact) mass is 325 g/mol. The van der Waals surface area contributed by atoms with Gasteiger partial charge in [-0.15, -0.1) is 0 Å². The fourth-order valence-corrected chi connectivity index (χ4v) is 2.84. The summed E-state index contributed by atoms with van der Waals surface area (Å²) in [6.07, 6.45) is 0.540. The Morgan fingerprint density at radius 1 is 1.53 bits per heavy atom. The molecule has 1 aromatic rings. The third-order valence-corrected chi connectivity index (χ3v) is 3.84. The lowest BCUT2D eigenvalue weighted by Gasteiger charge is -2.26. The average molecular weight is 326 g/mol. The Morgan fingerprint density at radius 2 is 2.32 bits per heavy atom. The summed E-state index contributed by atoms with van der Waals surface area (Å²) in [5.74, 6) is -0.289. The molecular weight excluding hydrogens is 310 g/mol. The normalized spacial score (nSPS) is 22.1. The average Bonchev–Trinajstić information content (AvgIpc) is 2.72. The van der Waals surface area contributed by atoms with E-state index in [2.05, 4.69) is 21.2 Å². The van der Waals surface area contributed by atoms with E-state index in [-0.39, 0.29) is 18.3 Å². The van der Waals surface area contributed by atoms with Gasteiger partial charge in [0, 0.05) is 22.9 Å². The van der Waals surface area contributed by atoms with E-state index in [9.17, 15) is 9.59 Å². The maximum absolute atomic E-state index is 11.8. The molecule has 0 aliphatic carbocycles. The molecule has 19 heavy (non-hydrogen) atoms. The van der Waals surface area contributed by atoms with E-state index in [0.717, 1.165) is 10.0 Å². The number of benzene rings is 1. The van der Waals surface area contributed by atoms with Crippen LogP contribution in [0.3, 0.4) is 0 Å². The molecule has 0 aromatic heterocycles. The molecule has 1 aliphatic rings. The Labute approximate surface area is 120 Å². The Hall–Kier alpha value is -1.36. The molecular formula is C14H16BrNO3. The highest BCUT2D eigenvalue weighted by molar-refractivity contribution is 9.10. The molecule has 1 saturated heterocycles. The summed E-state index contributed by atoms with van der Waals surface area (Å²) in [4.78, 5) is 23.4. The number of amides is 1. The smallest absolute Gasteiger partial charge is 0.306 e. The molecule has 1 amide bonds. The molecule has 0 radical (unpaired) electrons. The Balaban J connectivity index is 2.30. The van der Waals surface area contributed by atoms with Gasteiger partial charge in [-0.2, -0.15) is 0 Å². The summed E-state index contributed by atoms with van der Waals surface area (Å²) in [6, 6.07) is 7.74. The van der Waals surface area contributed by atoms with Crippen LogP contribution in [0.4, 0.5) is 0 Å². The third-order valence-electron chi connectivity index (χ3n) is 3.35. The molecule has 4 nitrogen and oxygen atoms in total. The van der Waals surface area contributed by atoms with Gasteiger partial charge in [0.2, 0.25) is 5.91 Å². The van der Waals surface area contributed by atoms with Crippen LogP contribution >= 0.6 is 15.9 Å². The number of hydrogen-bond acceptors (Lipinski definition) is 3. The van der Waals surface area contributed by atoms with Crippen molar-refractivity contribution in [3.8, 4) is 0 Å². The number of esters is 1. The van der Waals surface area contributed by atoms with Gasteiger partial charge in [0.1, 0.15) is 0 Å². The molecule has 0 saturated carbocycles. The summed E-state index contributed by atoms with van der Waals surface area (Å²) in [7, 11) is 0. The summed E-state index contributed by atoms with van der Waals surface area (Å²) in [6.45, 7) is 2.61. The summed E-state index contributed by atoms with van der Waals surface area (Å²) in [5, 5.41) is 2.81. The molecule has 1 N–H and O–H groups in total. The van der Waals surface area contributed by atoms with E-state index in [0.29, 0.717) is 19.6 Å². The fraction of sp³-hybridized carbons (Fsp3) is 0.429. The van der Waals surface area contributed by atoms with Gasteiger partial charge < -0.3 is 10.1 Å². The number of ether oxygens (including phenoxy) is 1. The van der Waals surface area contributed by atoms with Crippen LogP contribution in [0.2, 0.25) is 0 Å². The van der Waals surface area contributed by atoms with Gasteiger partial charge in [-0.05, 0) is 24.6 Å². The molecule has 2 rings (SSSR count). The van der Waals surface area contributed by atoms with E-state index < -0.39 is 5.41 Å². The molecule has 1 fully saturated rings. The van der Waals surface area contributed by atoms with Crippen LogP contribution in [-0.2, 0) is 19.7 Å². The number of rotatable bonds is 4. The first-order valence-corrected chi connectivity index (χ1v) is 7.03. The second kappa shape index (κ2) is 5.74. The van der Waals surface area contributed by atoms with E-state index in [4.69, 9.17) is 4.74 Å². The van der Waals surface area contributed by atoms with Crippen molar-refractivity contribution >= 4 is 27.8 Å². The van der Waals surface area contributed by atoms with Crippen molar-refractivity contribution in [2.75, 3.05) is 13.2 Å². The van der Waals surface area contributed by atoms with Crippen LogP contribution in [0.25, 0.3) is 0 Å². The summed E-state index contributed by atoms with van der Waals surface area (Å²) in [5.41, 5.74) is 0.487. The first kappa shape index (κ1) is 14.1. The van der Waals surface area contributed by atoms with Crippen molar-refractivity contribution in [2.24, 2.45) is 0 Å².